The van der Waals surface area contributed by atoms with E-state index in [1.165, 1.54) is 0 Å². The molecule has 0 radical (unpaired) electrons. The number of amides is 1. The number of nitrogens with zero attached hydrogens (tertiary/aromatic N) is 2. The fourth-order valence-corrected chi connectivity index (χ4v) is 2.77. The lowest BCUT2D eigenvalue weighted by Crippen LogP contribution is -2.30. The van der Waals surface area contributed by atoms with E-state index in [-0.39, 0.29) is 12.5 Å². The average Bonchev–Trinajstić information content (AvgIpc) is 3.11. The molecule has 0 aliphatic carbocycles. The van der Waals surface area contributed by atoms with Crippen LogP contribution in [0.3, 0.4) is 0 Å². The molecule has 3 rings (SSSR count). The molecule has 26 heavy (non-hydrogen) atoms. The molecule has 5 nitrogen and oxygen atoms in total. The van der Waals surface area contributed by atoms with Crippen LogP contribution in [0.2, 0.25) is 0 Å². The standard InChI is InChI=1S/C21H23N3O2/c1-16-7-6-8-17(2)21(16)26-15-20(25)22-12-11-18-13-23-24(14-18)19-9-4-3-5-10-19/h3-10,13-14H,11-12,15H2,1-2H3,(H,22,25). The molecule has 1 N–H and O–H groups in total. The lowest BCUT2D eigenvalue weighted by molar-refractivity contribution is -0.123. The van der Waals surface area contributed by atoms with Crippen LogP contribution in [0.1, 0.15) is 16.7 Å². The zero-order valence-electron chi connectivity index (χ0n) is 15.1. The summed E-state index contributed by atoms with van der Waals surface area (Å²) in [6, 6.07) is 15.9. The summed E-state index contributed by atoms with van der Waals surface area (Å²) >= 11 is 0. The lowest BCUT2D eigenvalue weighted by atomic mass is 10.1. The van der Waals surface area contributed by atoms with Crippen molar-refractivity contribution in [2.75, 3.05) is 13.2 Å². The fraction of sp³-hybridized carbons (Fsp3) is 0.238. The Bertz CT molecular complexity index is 852. The van der Waals surface area contributed by atoms with Crippen LogP contribution in [0.25, 0.3) is 5.69 Å². The van der Waals surface area contributed by atoms with Gasteiger partial charge in [-0.15, -0.1) is 0 Å². The molecule has 0 spiro atoms. The SMILES string of the molecule is Cc1cccc(C)c1OCC(=O)NCCc1cnn(-c2ccccc2)c1. The summed E-state index contributed by atoms with van der Waals surface area (Å²) in [5.41, 5.74) is 4.16. The first-order valence-electron chi connectivity index (χ1n) is 8.68. The maximum absolute atomic E-state index is 12.0. The van der Waals surface area contributed by atoms with Gasteiger partial charge in [-0.05, 0) is 49.1 Å². The zero-order chi connectivity index (χ0) is 18.4. The van der Waals surface area contributed by atoms with E-state index in [1.807, 2.05) is 79.5 Å². The molecule has 0 atom stereocenters. The van der Waals surface area contributed by atoms with E-state index >= 15 is 0 Å². The number of ether oxygens (including phenoxy) is 1. The first kappa shape index (κ1) is 17.7. The quantitative estimate of drug-likeness (QED) is 0.712. The van der Waals surface area contributed by atoms with Gasteiger partial charge in [0.2, 0.25) is 0 Å². The summed E-state index contributed by atoms with van der Waals surface area (Å²) in [6.07, 6.45) is 4.53. The van der Waals surface area contributed by atoms with Gasteiger partial charge in [-0.2, -0.15) is 5.10 Å². The molecule has 0 fully saturated rings. The second-order valence-corrected chi connectivity index (χ2v) is 6.24. The predicted molar refractivity (Wildman–Crippen MR) is 102 cm³/mol. The van der Waals surface area contributed by atoms with Gasteiger partial charge in [0, 0.05) is 12.7 Å². The van der Waals surface area contributed by atoms with E-state index in [2.05, 4.69) is 10.4 Å². The number of benzene rings is 2. The number of carbonyl (C=O) groups is 1. The Hall–Kier alpha value is -3.08. The number of para-hydroxylation sites is 2. The molecule has 0 bridgehead atoms. The van der Waals surface area contributed by atoms with E-state index < -0.39 is 0 Å². The van der Waals surface area contributed by atoms with Crippen molar-refractivity contribution in [1.29, 1.82) is 0 Å². The van der Waals surface area contributed by atoms with E-state index in [4.69, 9.17) is 4.74 Å². The van der Waals surface area contributed by atoms with Crippen LogP contribution >= 0.6 is 0 Å². The fourth-order valence-electron chi connectivity index (χ4n) is 2.77. The zero-order valence-corrected chi connectivity index (χ0v) is 15.1. The van der Waals surface area contributed by atoms with Gasteiger partial charge in [-0.25, -0.2) is 4.68 Å². The Labute approximate surface area is 153 Å². The lowest BCUT2D eigenvalue weighted by Gasteiger charge is -2.11. The maximum Gasteiger partial charge on any atom is 0.257 e. The topological polar surface area (TPSA) is 56.1 Å². The summed E-state index contributed by atoms with van der Waals surface area (Å²) in [5, 5.41) is 7.25. The largest absolute Gasteiger partial charge is 0.483 e. The smallest absolute Gasteiger partial charge is 0.257 e. The van der Waals surface area contributed by atoms with Crippen LogP contribution in [0.15, 0.2) is 60.9 Å². The van der Waals surface area contributed by atoms with Gasteiger partial charge in [0.25, 0.3) is 5.91 Å². The molecule has 2 aromatic carbocycles. The molecule has 0 saturated carbocycles. The van der Waals surface area contributed by atoms with Crippen molar-refractivity contribution in [3.63, 3.8) is 0 Å². The first-order chi connectivity index (χ1) is 12.6. The normalized spacial score (nSPS) is 10.5. The molecule has 0 aliphatic rings. The van der Waals surface area contributed by atoms with Crippen molar-refractivity contribution in [2.45, 2.75) is 20.3 Å². The van der Waals surface area contributed by atoms with Gasteiger partial charge in [0.15, 0.2) is 6.61 Å². The molecular weight excluding hydrogens is 326 g/mol. The third-order valence-electron chi connectivity index (χ3n) is 4.15. The Balaban J connectivity index is 1.45. The number of aromatic nitrogens is 2. The van der Waals surface area contributed by atoms with E-state index in [0.717, 1.165) is 34.5 Å². The average molecular weight is 349 g/mol. The van der Waals surface area contributed by atoms with Crippen molar-refractivity contribution in [3.8, 4) is 11.4 Å². The van der Waals surface area contributed by atoms with Gasteiger partial charge in [0.1, 0.15) is 5.75 Å². The van der Waals surface area contributed by atoms with Gasteiger partial charge < -0.3 is 10.1 Å². The Kier molecular flexibility index (Phi) is 5.69. The monoisotopic (exact) mass is 349 g/mol. The highest BCUT2D eigenvalue weighted by Crippen LogP contribution is 2.21. The molecule has 1 aromatic heterocycles. The molecular formula is C21H23N3O2. The van der Waals surface area contributed by atoms with E-state index in [0.29, 0.717) is 6.54 Å². The number of hydrogen-bond donors (Lipinski definition) is 1. The molecule has 0 saturated heterocycles. The molecule has 134 valence electrons. The van der Waals surface area contributed by atoms with Crippen LogP contribution in [0.4, 0.5) is 0 Å². The van der Waals surface area contributed by atoms with Gasteiger partial charge in [-0.3, -0.25) is 4.79 Å². The first-order valence-corrected chi connectivity index (χ1v) is 8.68. The Morgan fingerprint density at radius 2 is 1.81 bits per heavy atom. The number of hydrogen-bond acceptors (Lipinski definition) is 3. The molecule has 0 aliphatic heterocycles. The van der Waals surface area contributed by atoms with Crippen molar-refractivity contribution in [1.82, 2.24) is 15.1 Å². The molecule has 3 aromatic rings. The highest BCUT2D eigenvalue weighted by molar-refractivity contribution is 5.77. The number of carbonyl (C=O) groups excluding carboxylic acids is 1. The van der Waals surface area contributed by atoms with Gasteiger partial charge in [-0.1, -0.05) is 36.4 Å². The number of nitrogens with one attached hydrogen (secondary N) is 1. The van der Waals surface area contributed by atoms with Crippen molar-refractivity contribution in [3.05, 3.63) is 77.6 Å². The van der Waals surface area contributed by atoms with Crippen LogP contribution < -0.4 is 10.1 Å². The summed E-state index contributed by atoms with van der Waals surface area (Å²) in [7, 11) is 0. The summed E-state index contributed by atoms with van der Waals surface area (Å²) in [4.78, 5) is 12.0. The van der Waals surface area contributed by atoms with Crippen LogP contribution in [0, 0.1) is 13.8 Å². The second kappa shape index (κ2) is 8.34. The van der Waals surface area contributed by atoms with Gasteiger partial charge in [0.05, 0.1) is 11.9 Å². The molecule has 1 amide bonds. The third kappa shape index (κ3) is 4.51. The minimum Gasteiger partial charge on any atom is -0.483 e. The van der Waals surface area contributed by atoms with Crippen LogP contribution in [-0.4, -0.2) is 28.8 Å². The Morgan fingerprint density at radius 1 is 1.08 bits per heavy atom. The van der Waals surface area contributed by atoms with Crippen molar-refractivity contribution >= 4 is 5.91 Å². The minimum absolute atomic E-state index is 0.0228. The minimum atomic E-state index is -0.122. The predicted octanol–water partition coefficient (Wildman–Crippen LogP) is 3.23. The third-order valence-corrected chi connectivity index (χ3v) is 4.15. The van der Waals surface area contributed by atoms with Crippen molar-refractivity contribution in [2.24, 2.45) is 0 Å². The number of rotatable bonds is 7. The highest BCUT2D eigenvalue weighted by atomic mass is 16.5. The van der Waals surface area contributed by atoms with Crippen LogP contribution in [-0.2, 0) is 11.2 Å². The van der Waals surface area contributed by atoms with Crippen molar-refractivity contribution < 1.29 is 9.53 Å². The summed E-state index contributed by atoms with van der Waals surface area (Å²) < 4.78 is 7.50. The molecule has 1 heterocycles. The van der Waals surface area contributed by atoms with Gasteiger partial charge >= 0.3 is 0 Å². The summed E-state index contributed by atoms with van der Waals surface area (Å²) in [6.45, 7) is 4.53. The van der Waals surface area contributed by atoms with E-state index in [1.54, 1.807) is 0 Å². The molecule has 0 unspecified atom stereocenters. The molecule has 5 heteroatoms. The summed E-state index contributed by atoms with van der Waals surface area (Å²) in [5.74, 6) is 0.662. The highest BCUT2D eigenvalue weighted by Gasteiger charge is 2.07. The number of aryl methyl sites for hydroxylation is 2. The second-order valence-electron chi connectivity index (χ2n) is 6.24. The van der Waals surface area contributed by atoms with Crippen LogP contribution in [0.5, 0.6) is 5.75 Å². The van der Waals surface area contributed by atoms with E-state index in [9.17, 15) is 4.79 Å². The Morgan fingerprint density at radius 3 is 2.54 bits per heavy atom. The maximum atomic E-state index is 12.0.